The summed E-state index contributed by atoms with van der Waals surface area (Å²) >= 11 is 5.86. The molecule has 0 radical (unpaired) electrons. The lowest BCUT2D eigenvalue weighted by atomic mass is 10.1. The van der Waals surface area contributed by atoms with Crippen LogP contribution in [0.25, 0.3) is 0 Å². The molecule has 1 heterocycles. The maximum absolute atomic E-state index is 12.9. The Bertz CT molecular complexity index is 1000. The van der Waals surface area contributed by atoms with Crippen LogP contribution in [0.5, 0.6) is 5.75 Å². The minimum atomic E-state index is -3.53. The predicted octanol–water partition coefficient (Wildman–Crippen LogP) is 3.69. The molecule has 30 heavy (non-hydrogen) atoms. The molecule has 1 atom stereocenters. The molecule has 0 bridgehead atoms. The SMILES string of the molecule is Cc1ccc(S(=O)(=O)N2CCC(NC(=O)C(C)Oc3ccc(Cl)cc3)CC2)cc1C. The summed E-state index contributed by atoms with van der Waals surface area (Å²) in [5, 5.41) is 3.57. The van der Waals surface area contributed by atoms with Crippen molar-refractivity contribution in [1.29, 1.82) is 0 Å². The zero-order chi connectivity index (χ0) is 21.9. The fourth-order valence-corrected chi connectivity index (χ4v) is 5.03. The number of hydrogen-bond acceptors (Lipinski definition) is 4. The molecule has 1 saturated heterocycles. The lowest BCUT2D eigenvalue weighted by molar-refractivity contribution is -0.128. The van der Waals surface area contributed by atoms with Gasteiger partial charge in [0.1, 0.15) is 5.75 Å². The number of sulfonamides is 1. The number of amides is 1. The molecule has 8 heteroatoms. The van der Waals surface area contributed by atoms with Gasteiger partial charge in [0.25, 0.3) is 5.91 Å². The molecule has 1 aliphatic heterocycles. The van der Waals surface area contributed by atoms with Gasteiger partial charge < -0.3 is 10.1 Å². The summed E-state index contributed by atoms with van der Waals surface area (Å²) in [7, 11) is -3.53. The number of rotatable bonds is 6. The molecule has 162 valence electrons. The number of ether oxygens (including phenoxy) is 1. The van der Waals surface area contributed by atoms with Crippen molar-refractivity contribution < 1.29 is 17.9 Å². The Morgan fingerprint density at radius 2 is 1.73 bits per heavy atom. The van der Waals surface area contributed by atoms with E-state index in [1.807, 2.05) is 19.9 Å². The van der Waals surface area contributed by atoms with Crippen LogP contribution in [0.4, 0.5) is 0 Å². The van der Waals surface area contributed by atoms with Crippen molar-refractivity contribution in [3.05, 3.63) is 58.6 Å². The van der Waals surface area contributed by atoms with Crippen LogP contribution >= 0.6 is 11.6 Å². The van der Waals surface area contributed by atoms with Gasteiger partial charge in [0, 0.05) is 24.2 Å². The molecule has 6 nitrogen and oxygen atoms in total. The van der Waals surface area contributed by atoms with Crippen LogP contribution in [-0.2, 0) is 14.8 Å². The van der Waals surface area contributed by atoms with E-state index >= 15 is 0 Å². The Labute approximate surface area is 183 Å². The first-order chi connectivity index (χ1) is 14.2. The smallest absolute Gasteiger partial charge is 0.260 e. The number of carbonyl (C=O) groups is 1. The van der Waals surface area contributed by atoms with E-state index in [-0.39, 0.29) is 11.9 Å². The highest BCUT2D eigenvalue weighted by Gasteiger charge is 2.30. The lowest BCUT2D eigenvalue weighted by Gasteiger charge is -2.32. The van der Waals surface area contributed by atoms with Crippen LogP contribution in [0.3, 0.4) is 0 Å². The summed E-state index contributed by atoms with van der Waals surface area (Å²) < 4.78 is 33.0. The van der Waals surface area contributed by atoms with Gasteiger partial charge in [-0.2, -0.15) is 4.31 Å². The van der Waals surface area contributed by atoms with Gasteiger partial charge in [-0.3, -0.25) is 4.79 Å². The number of benzene rings is 2. The fourth-order valence-electron chi connectivity index (χ4n) is 3.35. The molecule has 2 aromatic carbocycles. The topological polar surface area (TPSA) is 75.7 Å². The minimum absolute atomic E-state index is 0.0834. The van der Waals surface area contributed by atoms with Gasteiger partial charge in [-0.15, -0.1) is 0 Å². The minimum Gasteiger partial charge on any atom is -0.481 e. The standard InChI is InChI=1S/C22H27ClN2O4S/c1-15-4-9-21(14-16(15)2)30(27,28)25-12-10-19(11-13-25)24-22(26)17(3)29-20-7-5-18(23)6-8-20/h4-9,14,17,19H,10-13H2,1-3H3,(H,24,26). The summed E-state index contributed by atoms with van der Waals surface area (Å²) in [5.41, 5.74) is 2.01. The van der Waals surface area contributed by atoms with Crippen LogP contribution in [0.15, 0.2) is 47.4 Å². The number of nitrogens with one attached hydrogen (secondary N) is 1. The van der Waals surface area contributed by atoms with Crippen molar-refractivity contribution in [2.75, 3.05) is 13.1 Å². The maximum Gasteiger partial charge on any atom is 0.260 e. The van der Waals surface area contributed by atoms with Gasteiger partial charge in [-0.05, 0) is 81.1 Å². The Balaban J connectivity index is 1.54. The molecular formula is C22H27ClN2O4S. The van der Waals surface area contributed by atoms with Gasteiger partial charge in [0.05, 0.1) is 4.90 Å². The second kappa shape index (κ2) is 9.37. The molecule has 0 spiro atoms. The van der Waals surface area contributed by atoms with E-state index in [9.17, 15) is 13.2 Å². The number of nitrogens with zero attached hydrogens (tertiary/aromatic N) is 1. The summed E-state index contributed by atoms with van der Waals surface area (Å²) in [4.78, 5) is 12.8. The summed E-state index contributed by atoms with van der Waals surface area (Å²) in [6.07, 6.45) is 0.455. The quantitative estimate of drug-likeness (QED) is 0.728. The molecule has 1 aliphatic rings. The summed E-state index contributed by atoms with van der Waals surface area (Å²) in [6, 6.07) is 11.9. The molecule has 1 N–H and O–H groups in total. The van der Waals surface area contributed by atoms with Gasteiger partial charge in [-0.1, -0.05) is 17.7 Å². The average Bonchev–Trinajstić information content (AvgIpc) is 2.72. The van der Waals surface area contributed by atoms with Crippen molar-refractivity contribution in [1.82, 2.24) is 9.62 Å². The van der Waals surface area contributed by atoms with Gasteiger partial charge in [0.2, 0.25) is 10.0 Å². The van der Waals surface area contributed by atoms with E-state index in [1.165, 1.54) is 4.31 Å². The Morgan fingerprint density at radius 3 is 2.33 bits per heavy atom. The van der Waals surface area contributed by atoms with Crippen LogP contribution in [0, 0.1) is 13.8 Å². The third-order valence-electron chi connectivity index (χ3n) is 5.41. The van der Waals surface area contributed by atoms with E-state index in [0.717, 1.165) is 11.1 Å². The first-order valence-corrected chi connectivity index (χ1v) is 11.8. The summed E-state index contributed by atoms with van der Waals surface area (Å²) in [6.45, 7) is 6.28. The second-order valence-electron chi connectivity index (χ2n) is 7.65. The van der Waals surface area contributed by atoms with Crippen molar-refractivity contribution in [3.8, 4) is 5.75 Å². The predicted molar refractivity (Wildman–Crippen MR) is 117 cm³/mol. The highest BCUT2D eigenvalue weighted by Crippen LogP contribution is 2.23. The Morgan fingerprint density at radius 1 is 1.10 bits per heavy atom. The van der Waals surface area contributed by atoms with Gasteiger partial charge >= 0.3 is 0 Å². The molecule has 0 saturated carbocycles. The third-order valence-corrected chi connectivity index (χ3v) is 7.56. The van der Waals surface area contributed by atoms with Crippen molar-refractivity contribution >= 4 is 27.5 Å². The Kier molecular flexibility index (Phi) is 7.06. The van der Waals surface area contributed by atoms with Crippen molar-refractivity contribution in [2.24, 2.45) is 0 Å². The number of halogens is 1. The molecule has 1 amide bonds. The van der Waals surface area contributed by atoms with E-state index in [2.05, 4.69) is 5.32 Å². The monoisotopic (exact) mass is 450 g/mol. The van der Waals surface area contributed by atoms with E-state index in [4.69, 9.17) is 16.3 Å². The van der Waals surface area contributed by atoms with Crippen LogP contribution in [-0.4, -0.2) is 43.9 Å². The fraction of sp³-hybridized carbons (Fsp3) is 0.409. The summed E-state index contributed by atoms with van der Waals surface area (Å²) in [5.74, 6) is 0.344. The number of carbonyl (C=O) groups excluding carboxylic acids is 1. The van der Waals surface area contributed by atoms with Crippen molar-refractivity contribution in [3.63, 3.8) is 0 Å². The molecule has 3 rings (SSSR count). The van der Waals surface area contributed by atoms with Crippen molar-refractivity contribution in [2.45, 2.75) is 50.7 Å². The van der Waals surface area contributed by atoms with Crippen LogP contribution in [0.2, 0.25) is 5.02 Å². The molecule has 1 fully saturated rings. The Hall–Kier alpha value is -2.09. The molecular weight excluding hydrogens is 424 g/mol. The largest absolute Gasteiger partial charge is 0.481 e. The number of piperidine rings is 1. The third kappa shape index (κ3) is 5.33. The van der Waals surface area contributed by atoms with Gasteiger partial charge in [-0.25, -0.2) is 8.42 Å². The van der Waals surface area contributed by atoms with Gasteiger partial charge in [0.15, 0.2) is 6.10 Å². The normalized spacial score (nSPS) is 16.8. The zero-order valence-electron chi connectivity index (χ0n) is 17.4. The highest BCUT2D eigenvalue weighted by molar-refractivity contribution is 7.89. The molecule has 2 aromatic rings. The molecule has 0 aromatic heterocycles. The number of aryl methyl sites for hydroxylation is 2. The van der Waals surface area contributed by atoms with E-state index in [0.29, 0.717) is 41.6 Å². The molecule has 0 aliphatic carbocycles. The van der Waals surface area contributed by atoms with E-state index < -0.39 is 16.1 Å². The maximum atomic E-state index is 12.9. The first-order valence-electron chi connectivity index (χ1n) is 9.97. The van der Waals surface area contributed by atoms with Crippen LogP contribution in [0.1, 0.15) is 30.9 Å². The van der Waals surface area contributed by atoms with Crippen LogP contribution < -0.4 is 10.1 Å². The lowest BCUT2D eigenvalue weighted by Crippen LogP contribution is -2.49. The molecule has 1 unspecified atom stereocenters. The van der Waals surface area contributed by atoms with E-state index in [1.54, 1.807) is 43.3 Å². The second-order valence-corrected chi connectivity index (χ2v) is 10.0. The highest BCUT2D eigenvalue weighted by atomic mass is 35.5. The first kappa shape index (κ1) is 22.6. The average molecular weight is 451 g/mol. The zero-order valence-corrected chi connectivity index (χ0v) is 19.0. The number of hydrogen-bond donors (Lipinski definition) is 1.